The first kappa shape index (κ1) is 15.4. The molecule has 0 radical (unpaired) electrons. The molecule has 1 saturated carbocycles. The van der Waals surface area contributed by atoms with Crippen molar-refractivity contribution in [2.45, 2.75) is 25.7 Å². The van der Waals surface area contributed by atoms with Gasteiger partial charge < -0.3 is 15.4 Å². The van der Waals surface area contributed by atoms with Crippen molar-refractivity contribution in [1.82, 2.24) is 5.32 Å². The number of carbonyl (C=O) groups excluding carboxylic acids is 2. The van der Waals surface area contributed by atoms with Crippen molar-refractivity contribution in [3.05, 3.63) is 30.3 Å². The summed E-state index contributed by atoms with van der Waals surface area (Å²) < 4.78 is 4.86. The van der Waals surface area contributed by atoms with Crippen LogP contribution in [-0.2, 0) is 9.53 Å². The summed E-state index contributed by atoms with van der Waals surface area (Å²) in [6.45, 7) is 0.498. The summed E-state index contributed by atoms with van der Waals surface area (Å²) in [6.07, 6.45) is 3.94. The van der Waals surface area contributed by atoms with Gasteiger partial charge in [-0.25, -0.2) is 4.79 Å². The van der Waals surface area contributed by atoms with Gasteiger partial charge in [-0.15, -0.1) is 0 Å². The Labute approximate surface area is 125 Å². The highest BCUT2D eigenvalue weighted by Crippen LogP contribution is 2.30. The molecule has 21 heavy (non-hydrogen) atoms. The zero-order valence-corrected chi connectivity index (χ0v) is 12.3. The molecule has 0 bridgehead atoms. The summed E-state index contributed by atoms with van der Waals surface area (Å²) in [5, 5.41) is 5.63. The van der Waals surface area contributed by atoms with E-state index in [1.165, 1.54) is 7.11 Å². The third-order valence-electron chi connectivity index (χ3n) is 3.97. The maximum Gasteiger partial charge on any atom is 0.319 e. The average molecular weight is 290 g/mol. The largest absolute Gasteiger partial charge is 0.469 e. The van der Waals surface area contributed by atoms with E-state index in [1.54, 1.807) is 0 Å². The Kier molecular flexibility index (Phi) is 5.60. The fourth-order valence-corrected chi connectivity index (χ4v) is 2.83. The molecule has 0 spiro atoms. The second-order valence-corrected chi connectivity index (χ2v) is 5.38. The van der Waals surface area contributed by atoms with Gasteiger partial charge in [-0.3, -0.25) is 4.79 Å². The minimum absolute atomic E-state index is 0.0965. The first-order valence-electron chi connectivity index (χ1n) is 7.38. The Morgan fingerprint density at radius 2 is 1.90 bits per heavy atom. The van der Waals surface area contributed by atoms with Crippen LogP contribution in [0.4, 0.5) is 10.5 Å². The summed E-state index contributed by atoms with van der Waals surface area (Å²) in [6, 6.07) is 9.05. The lowest BCUT2D eigenvalue weighted by molar-refractivity contribution is -0.148. The zero-order chi connectivity index (χ0) is 15.1. The van der Waals surface area contributed by atoms with Crippen molar-refractivity contribution in [2.24, 2.45) is 11.8 Å². The molecule has 0 saturated heterocycles. The summed E-state index contributed by atoms with van der Waals surface area (Å²) in [7, 11) is 1.42. The van der Waals surface area contributed by atoms with E-state index in [-0.39, 0.29) is 23.8 Å². The maximum absolute atomic E-state index is 11.9. The molecule has 2 atom stereocenters. The molecule has 2 unspecified atom stereocenters. The molecule has 2 amide bonds. The SMILES string of the molecule is COC(=O)C1CCCCC1CNC(=O)Nc1ccccc1. The van der Waals surface area contributed by atoms with Gasteiger partial charge in [0.05, 0.1) is 13.0 Å². The van der Waals surface area contributed by atoms with Crippen LogP contribution < -0.4 is 10.6 Å². The van der Waals surface area contributed by atoms with Crippen LogP contribution in [0.3, 0.4) is 0 Å². The number of amides is 2. The average Bonchev–Trinajstić information content (AvgIpc) is 2.53. The highest BCUT2D eigenvalue weighted by Gasteiger charge is 2.31. The van der Waals surface area contributed by atoms with E-state index in [9.17, 15) is 9.59 Å². The van der Waals surface area contributed by atoms with Gasteiger partial charge in [0, 0.05) is 12.2 Å². The third-order valence-corrected chi connectivity index (χ3v) is 3.97. The monoisotopic (exact) mass is 290 g/mol. The number of anilines is 1. The number of para-hydroxylation sites is 1. The second kappa shape index (κ2) is 7.67. The molecule has 5 nitrogen and oxygen atoms in total. The number of rotatable bonds is 4. The van der Waals surface area contributed by atoms with Crippen LogP contribution >= 0.6 is 0 Å². The fraction of sp³-hybridized carbons (Fsp3) is 0.500. The number of hydrogen-bond donors (Lipinski definition) is 2. The summed E-state index contributed by atoms with van der Waals surface area (Å²) in [4.78, 5) is 23.6. The van der Waals surface area contributed by atoms with Gasteiger partial charge in [-0.05, 0) is 30.9 Å². The van der Waals surface area contributed by atoms with Gasteiger partial charge in [-0.1, -0.05) is 31.0 Å². The van der Waals surface area contributed by atoms with Gasteiger partial charge >= 0.3 is 12.0 Å². The molecule has 1 fully saturated rings. The number of methoxy groups -OCH3 is 1. The summed E-state index contributed by atoms with van der Waals surface area (Å²) in [5.74, 6) is -0.0986. The number of hydrogen-bond acceptors (Lipinski definition) is 3. The van der Waals surface area contributed by atoms with Gasteiger partial charge in [0.2, 0.25) is 0 Å². The zero-order valence-electron chi connectivity index (χ0n) is 12.3. The predicted molar refractivity (Wildman–Crippen MR) is 80.9 cm³/mol. The number of carbonyl (C=O) groups is 2. The lowest BCUT2D eigenvalue weighted by Crippen LogP contribution is -2.39. The quantitative estimate of drug-likeness (QED) is 0.838. The van der Waals surface area contributed by atoms with Gasteiger partial charge in [-0.2, -0.15) is 0 Å². The molecule has 5 heteroatoms. The number of nitrogens with one attached hydrogen (secondary N) is 2. The van der Waals surface area contributed by atoms with Gasteiger partial charge in [0.15, 0.2) is 0 Å². The summed E-state index contributed by atoms with van der Waals surface area (Å²) in [5.41, 5.74) is 0.753. The standard InChI is InChI=1S/C16H22N2O3/c1-21-15(19)14-10-6-5-7-12(14)11-17-16(20)18-13-8-3-2-4-9-13/h2-4,8-9,12,14H,5-7,10-11H2,1H3,(H2,17,18,20). The van der Waals surface area contributed by atoms with Crippen molar-refractivity contribution < 1.29 is 14.3 Å². The lowest BCUT2D eigenvalue weighted by Gasteiger charge is -2.29. The van der Waals surface area contributed by atoms with Crippen LogP contribution in [0.25, 0.3) is 0 Å². The molecule has 0 heterocycles. The smallest absolute Gasteiger partial charge is 0.319 e. The van der Waals surface area contributed by atoms with Crippen molar-refractivity contribution in [3.8, 4) is 0 Å². The molecule has 0 aliphatic heterocycles. The topological polar surface area (TPSA) is 67.4 Å². The highest BCUT2D eigenvalue weighted by molar-refractivity contribution is 5.89. The van der Waals surface area contributed by atoms with Crippen LogP contribution in [0.5, 0.6) is 0 Å². The van der Waals surface area contributed by atoms with Crippen molar-refractivity contribution >= 4 is 17.7 Å². The fourth-order valence-electron chi connectivity index (χ4n) is 2.83. The van der Waals surface area contributed by atoms with Crippen molar-refractivity contribution in [2.75, 3.05) is 19.0 Å². The van der Waals surface area contributed by atoms with Crippen molar-refractivity contribution in [1.29, 1.82) is 0 Å². The highest BCUT2D eigenvalue weighted by atomic mass is 16.5. The summed E-state index contributed by atoms with van der Waals surface area (Å²) >= 11 is 0. The van der Waals surface area contributed by atoms with E-state index in [0.717, 1.165) is 31.4 Å². The van der Waals surface area contributed by atoms with E-state index in [4.69, 9.17) is 4.74 Å². The first-order valence-corrected chi connectivity index (χ1v) is 7.38. The minimum atomic E-state index is -0.240. The molecule has 0 aromatic heterocycles. The Morgan fingerprint density at radius 1 is 1.19 bits per heavy atom. The predicted octanol–water partition coefficient (Wildman–Crippen LogP) is 2.79. The van der Waals surface area contributed by atoms with E-state index >= 15 is 0 Å². The minimum Gasteiger partial charge on any atom is -0.469 e. The number of esters is 1. The normalized spacial score (nSPS) is 21.4. The van der Waals surface area contributed by atoms with Crippen LogP contribution in [-0.4, -0.2) is 25.7 Å². The number of urea groups is 1. The van der Waals surface area contributed by atoms with E-state index in [1.807, 2.05) is 30.3 Å². The Hall–Kier alpha value is -2.04. The Balaban J connectivity index is 1.83. The van der Waals surface area contributed by atoms with Crippen LogP contribution in [0.15, 0.2) is 30.3 Å². The van der Waals surface area contributed by atoms with E-state index in [0.29, 0.717) is 6.54 Å². The van der Waals surface area contributed by atoms with E-state index < -0.39 is 0 Å². The Morgan fingerprint density at radius 3 is 2.62 bits per heavy atom. The Bertz CT molecular complexity index is 476. The second-order valence-electron chi connectivity index (χ2n) is 5.38. The number of benzene rings is 1. The molecule has 1 aromatic carbocycles. The third kappa shape index (κ3) is 4.48. The molecule has 114 valence electrons. The molecule has 1 aromatic rings. The van der Waals surface area contributed by atoms with Crippen LogP contribution in [0.2, 0.25) is 0 Å². The maximum atomic E-state index is 11.9. The molecule has 1 aliphatic carbocycles. The van der Waals surface area contributed by atoms with Crippen molar-refractivity contribution in [3.63, 3.8) is 0 Å². The van der Waals surface area contributed by atoms with Crippen LogP contribution in [0.1, 0.15) is 25.7 Å². The van der Waals surface area contributed by atoms with E-state index in [2.05, 4.69) is 10.6 Å². The van der Waals surface area contributed by atoms with Crippen LogP contribution in [0, 0.1) is 11.8 Å². The molecular formula is C16H22N2O3. The number of ether oxygens (including phenoxy) is 1. The van der Waals surface area contributed by atoms with Gasteiger partial charge in [0.1, 0.15) is 0 Å². The van der Waals surface area contributed by atoms with Gasteiger partial charge in [0.25, 0.3) is 0 Å². The molecule has 2 rings (SSSR count). The lowest BCUT2D eigenvalue weighted by atomic mass is 9.79. The molecular weight excluding hydrogens is 268 g/mol. The molecule has 1 aliphatic rings. The first-order chi connectivity index (χ1) is 10.2. The molecule has 2 N–H and O–H groups in total.